The third kappa shape index (κ3) is 4.19. The van der Waals surface area contributed by atoms with Crippen molar-refractivity contribution in [1.29, 1.82) is 0 Å². The Morgan fingerprint density at radius 1 is 0.909 bits per heavy atom. The Morgan fingerprint density at radius 3 is 2.12 bits per heavy atom. The van der Waals surface area contributed by atoms with Crippen LogP contribution in [0, 0.1) is 5.92 Å². The van der Waals surface area contributed by atoms with E-state index in [1.165, 1.54) is 36.8 Å². The monoisotopic (exact) mass is 445 g/mol. The van der Waals surface area contributed by atoms with Crippen LogP contribution in [0.25, 0.3) is 0 Å². The summed E-state index contributed by atoms with van der Waals surface area (Å²) in [5, 5.41) is 0. The molecule has 1 saturated heterocycles. The normalized spacial score (nSPS) is 28.0. The second-order valence-electron chi connectivity index (χ2n) is 10.9. The van der Waals surface area contributed by atoms with Gasteiger partial charge in [-0.1, -0.05) is 79.9 Å². The van der Waals surface area contributed by atoms with Crippen molar-refractivity contribution in [2.75, 3.05) is 27.2 Å². The number of carbonyl (C=O) groups is 1. The maximum absolute atomic E-state index is 13.7. The van der Waals surface area contributed by atoms with Gasteiger partial charge in [-0.25, -0.2) is 4.79 Å². The molecular weight excluding hydrogens is 406 g/mol. The van der Waals surface area contributed by atoms with Crippen LogP contribution < -0.4 is 0 Å². The van der Waals surface area contributed by atoms with Gasteiger partial charge in [0.2, 0.25) is 0 Å². The van der Waals surface area contributed by atoms with E-state index in [0.717, 1.165) is 51.2 Å². The lowest BCUT2D eigenvalue weighted by Crippen LogP contribution is -2.55. The molecule has 33 heavy (non-hydrogen) atoms. The SMILES string of the molecule is CN(C)[C@]1(c2ccccc2)CC[C@]2(CC1)CN(Cc1ccccc1)C(=O)N2CCC1CCC1. The average molecular weight is 446 g/mol. The second-order valence-corrected chi connectivity index (χ2v) is 10.9. The van der Waals surface area contributed by atoms with Gasteiger partial charge < -0.3 is 9.80 Å². The van der Waals surface area contributed by atoms with E-state index >= 15 is 0 Å². The van der Waals surface area contributed by atoms with Crippen molar-refractivity contribution >= 4 is 6.03 Å². The van der Waals surface area contributed by atoms with E-state index in [0.29, 0.717) is 0 Å². The first-order valence-corrected chi connectivity index (χ1v) is 12.9. The lowest BCUT2D eigenvalue weighted by atomic mass is 9.68. The van der Waals surface area contributed by atoms with E-state index in [4.69, 9.17) is 0 Å². The van der Waals surface area contributed by atoms with Gasteiger partial charge in [0.1, 0.15) is 0 Å². The topological polar surface area (TPSA) is 26.8 Å². The highest BCUT2D eigenvalue weighted by Gasteiger charge is 2.54. The van der Waals surface area contributed by atoms with Gasteiger partial charge in [-0.05, 0) is 63.2 Å². The fourth-order valence-corrected chi connectivity index (χ4v) is 6.53. The second kappa shape index (κ2) is 9.13. The number of carbonyl (C=O) groups excluding carboxylic acids is 1. The van der Waals surface area contributed by atoms with Crippen molar-refractivity contribution in [3.63, 3.8) is 0 Å². The molecule has 2 saturated carbocycles. The fraction of sp³-hybridized carbons (Fsp3) is 0.552. The summed E-state index contributed by atoms with van der Waals surface area (Å²) in [5.74, 6) is 0.826. The Kier molecular flexibility index (Phi) is 6.22. The van der Waals surface area contributed by atoms with Crippen molar-refractivity contribution < 1.29 is 4.79 Å². The van der Waals surface area contributed by atoms with E-state index < -0.39 is 0 Å². The minimum Gasteiger partial charge on any atom is -0.318 e. The van der Waals surface area contributed by atoms with E-state index in [1.54, 1.807) is 0 Å². The van der Waals surface area contributed by atoms with Crippen LogP contribution in [0.5, 0.6) is 0 Å². The minimum absolute atomic E-state index is 0.0239. The van der Waals surface area contributed by atoms with Crippen LogP contribution in [-0.2, 0) is 12.1 Å². The zero-order valence-corrected chi connectivity index (χ0v) is 20.4. The van der Waals surface area contributed by atoms with Crippen LogP contribution in [-0.4, -0.2) is 53.5 Å². The predicted molar refractivity (Wildman–Crippen MR) is 134 cm³/mol. The molecule has 0 aromatic heterocycles. The largest absolute Gasteiger partial charge is 0.320 e. The summed E-state index contributed by atoms with van der Waals surface area (Å²) in [5.41, 5.74) is 2.67. The highest BCUT2D eigenvalue weighted by molar-refractivity contribution is 5.78. The van der Waals surface area contributed by atoms with Crippen LogP contribution in [0.3, 0.4) is 0 Å². The number of nitrogens with zero attached hydrogens (tertiary/aromatic N) is 3. The van der Waals surface area contributed by atoms with Gasteiger partial charge >= 0.3 is 6.03 Å². The predicted octanol–water partition coefficient (Wildman–Crippen LogP) is 5.88. The smallest absolute Gasteiger partial charge is 0.318 e. The lowest BCUT2D eigenvalue weighted by molar-refractivity contribution is 0.0219. The number of amides is 2. The zero-order chi connectivity index (χ0) is 22.9. The Labute approximate surface area is 199 Å². The maximum Gasteiger partial charge on any atom is 0.320 e. The molecule has 0 atom stereocenters. The van der Waals surface area contributed by atoms with Crippen LogP contribution >= 0.6 is 0 Å². The quantitative estimate of drug-likeness (QED) is 0.532. The van der Waals surface area contributed by atoms with Crippen LogP contribution in [0.2, 0.25) is 0 Å². The molecule has 1 heterocycles. The Bertz CT molecular complexity index is 930. The average Bonchev–Trinajstić information content (AvgIpc) is 3.05. The van der Waals surface area contributed by atoms with Gasteiger partial charge in [-0.2, -0.15) is 0 Å². The Balaban J connectivity index is 1.38. The molecule has 1 spiro atoms. The van der Waals surface area contributed by atoms with Gasteiger partial charge in [0, 0.05) is 25.2 Å². The molecule has 1 aliphatic heterocycles. The first kappa shape index (κ1) is 22.5. The third-order valence-electron chi connectivity index (χ3n) is 8.94. The lowest BCUT2D eigenvalue weighted by Gasteiger charge is -2.51. The van der Waals surface area contributed by atoms with Crippen molar-refractivity contribution in [3.05, 3.63) is 71.8 Å². The van der Waals surface area contributed by atoms with Crippen molar-refractivity contribution in [3.8, 4) is 0 Å². The molecule has 2 aromatic carbocycles. The van der Waals surface area contributed by atoms with Gasteiger partial charge in [0.15, 0.2) is 0 Å². The van der Waals surface area contributed by atoms with Crippen molar-refractivity contribution in [2.45, 2.75) is 69.0 Å². The summed E-state index contributed by atoms with van der Waals surface area (Å²) in [4.78, 5) is 20.6. The molecular formula is C29H39N3O. The number of hydrogen-bond acceptors (Lipinski definition) is 2. The molecule has 3 aliphatic rings. The molecule has 3 fully saturated rings. The highest BCUT2D eigenvalue weighted by Crippen LogP contribution is 2.49. The summed E-state index contributed by atoms with van der Waals surface area (Å²) < 4.78 is 0. The zero-order valence-electron chi connectivity index (χ0n) is 20.4. The summed E-state index contributed by atoms with van der Waals surface area (Å²) in [6.45, 7) is 2.51. The van der Waals surface area contributed by atoms with E-state index in [9.17, 15) is 4.79 Å². The number of urea groups is 1. The van der Waals surface area contributed by atoms with Crippen LogP contribution in [0.1, 0.15) is 62.5 Å². The van der Waals surface area contributed by atoms with Gasteiger partial charge in [-0.3, -0.25) is 4.90 Å². The third-order valence-corrected chi connectivity index (χ3v) is 8.94. The summed E-state index contributed by atoms with van der Waals surface area (Å²) in [6, 6.07) is 21.8. The number of benzene rings is 2. The van der Waals surface area contributed by atoms with Gasteiger partial charge in [0.05, 0.1) is 5.54 Å². The minimum atomic E-state index is -0.0239. The molecule has 176 valence electrons. The Hall–Kier alpha value is -2.33. The van der Waals surface area contributed by atoms with Crippen LogP contribution in [0.4, 0.5) is 4.79 Å². The maximum atomic E-state index is 13.7. The molecule has 4 heteroatoms. The van der Waals surface area contributed by atoms with E-state index in [1.807, 2.05) is 6.07 Å². The molecule has 4 nitrogen and oxygen atoms in total. The van der Waals surface area contributed by atoms with Crippen molar-refractivity contribution in [2.24, 2.45) is 5.92 Å². The van der Waals surface area contributed by atoms with Crippen molar-refractivity contribution in [1.82, 2.24) is 14.7 Å². The van der Waals surface area contributed by atoms with Gasteiger partial charge in [-0.15, -0.1) is 0 Å². The molecule has 2 aliphatic carbocycles. The summed E-state index contributed by atoms with van der Waals surface area (Å²) in [7, 11) is 4.45. The first-order chi connectivity index (χ1) is 16.0. The summed E-state index contributed by atoms with van der Waals surface area (Å²) >= 11 is 0. The number of rotatable bonds is 7. The van der Waals surface area contributed by atoms with Gasteiger partial charge in [0.25, 0.3) is 0 Å². The molecule has 2 aromatic rings. The molecule has 0 bridgehead atoms. The molecule has 0 unspecified atom stereocenters. The van der Waals surface area contributed by atoms with E-state index in [-0.39, 0.29) is 17.1 Å². The summed E-state index contributed by atoms with van der Waals surface area (Å²) in [6.07, 6.45) is 9.56. The van der Waals surface area contributed by atoms with E-state index in [2.05, 4.69) is 83.4 Å². The Morgan fingerprint density at radius 2 is 1.55 bits per heavy atom. The fourth-order valence-electron chi connectivity index (χ4n) is 6.53. The molecule has 0 radical (unpaired) electrons. The molecule has 0 N–H and O–H groups in total. The highest BCUT2D eigenvalue weighted by atomic mass is 16.2. The first-order valence-electron chi connectivity index (χ1n) is 12.9. The van der Waals surface area contributed by atoms with Crippen LogP contribution in [0.15, 0.2) is 60.7 Å². The number of hydrogen-bond donors (Lipinski definition) is 0. The molecule has 2 amide bonds. The standard InChI is InChI=1S/C29H39N3O/c1-30(2)29(26-14-7-4-8-15-26)19-17-28(18-20-29)23-31(22-25-10-5-3-6-11-25)27(33)32(28)21-16-24-12-9-13-24/h3-8,10-11,14-15,24H,9,12-13,16-23H2,1-2H3/t28-,29+. The molecule has 5 rings (SSSR count).